The molecular formula is C34H43N5O11S. The first-order valence-corrected chi connectivity index (χ1v) is 17.5. The highest BCUT2D eigenvalue weighted by Crippen LogP contribution is 2.38. The molecule has 3 aromatic carbocycles. The number of ether oxygens (including phenoxy) is 5. The van der Waals surface area contributed by atoms with Gasteiger partial charge in [0.15, 0.2) is 17.2 Å². The molecule has 0 aliphatic rings. The van der Waals surface area contributed by atoms with E-state index in [1.54, 1.807) is 43.3 Å². The fraction of sp³-hybridized carbons (Fsp3) is 0.382. The Morgan fingerprint density at radius 3 is 2.27 bits per heavy atom. The molecule has 17 heteroatoms. The molecule has 0 spiro atoms. The number of nitrogens with zero attached hydrogens (tertiary/aromatic N) is 2. The molecule has 1 heterocycles. The molecule has 0 saturated carbocycles. The van der Waals surface area contributed by atoms with E-state index in [-0.39, 0.29) is 40.3 Å². The maximum atomic E-state index is 13.6. The number of aliphatic carboxylic acids is 1. The number of aromatic amines is 1. The quantitative estimate of drug-likeness (QED) is 0.0967. The van der Waals surface area contributed by atoms with Gasteiger partial charge < -0.3 is 39.1 Å². The lowest BCUT2D eigenvalue weighted by Gasteiger charge is -2.17. The standard InChI is InChI=1S/C34H43N5O11S/c1-6-12-48-22-14-23(49-13-8-7-11-38(2)21-32(40)35-20-33(41)42)16-24(15-22)50-30-19-28-26(36-34(43)39(28)3)18-27(30)37-51(44,45)25-9-10-29(46-4)31(17-25)47-5/h9-10,14-19,37H,6-8,11-13,20-21H2,1-5H3,(H,35,40)(H,36,43)(H,41,42). The lowest BCUT2D eigenvalue weighted by molar-refractivity contribution is -0.138. The summed E-state index contributed by atoms with van der Waals surface area (Å²) in [6.07, 6.45) is 2.11. The van der Waals surface area contributed by atoms with E-state index >= 15 is 0 Å². The lowest BCUT2D eigenvalue weighted by Crippen LogP contribution is -2.38. The van der Waals surface area contributed by atoms with Gasteiger partial charge in [0.1, 0.15) is 23.8 Å². The third-order valence-electron chi connectivity index (χ3n) is 7.52. The van der Waals surface area contributed by atoms with Crippen LogP contribution < -0.4 is 39.4 Å². The van der Waals surface area contributed by atoms with Gasteiger partial charge >= 0.3 is 11.7 Å². The Kier molecular flexibility index (Phi) is 13.2. The molecule has 4 N–H and O–H groups in total. The Morgan fingerprint density at radius 2 is 1.61 bits per heavy atom. The highest BCUT2D eigenvalue weighted by molar-refractivity contribution is 7.92. The van der Waals surface area contributed by atoms with E-state index < -0.39 is 28.2 Å². The van der Waals surface area contributed by atoms with Gasteiger partial charge in [-0.15, -0.1) is 0 Å². The maximum Gasteiger partial charge on any atom is 0.326 e. The summed E-state index contributed by atoms with van der Waals surface area (Å²) in [6.45, 7) is 2.97. The first-order chi connectivity index (χ1) is 24.3. The number of imidazole rings is 1. The molecule has 0 bridgehead atoms. The van der Waals surface area contributed by atoms with E-state index in [4.69, 9.17) is 28.8 Å². The van der Waals surface area contributed by atoms with Crippen LogP contribution in [0.4, 0.5) is 5.69 Å². The van der Waals surface area contributed by atoms with Crippen LogP contribution >= 0.6 is 0 Å². The smallest absolute Gasteiger partial charge is 0.326 e. The number of methoxy groups -OCH3 is 2. The van der Waals surface area contributed by atoms with Crippen LogP contribution in [-0.2, 0) is 26.7 Å². The monoisotopic (exact) mass is 729 g/mol. The van der Waals surface area contributed by atoms with Crippen molar-refractivity contribution in [1.29, 1.82) is 0 Å². The van der Waals surface area contributed by atoms with Crippen LogP contribution in [0.25, 0.3) is 11.0 Å². The van der Waals surface area contributed by atoms with Gasteiger partial charge in [0.2, 0.25) is 5.91 Å². The number of sulfonamides is 1. The number of unbranched alkanes of at least 4 members (excludes halogenated alkanes) is 1. The molecule has 0 fully saturated rings. The average Bonchev–Trinajstić information content (AvgIpc) is 3.36. The average molecular weight is 730 g/mol. The second kappa shape index (κ2) is 17.5. The molecule has 1 amide bonds. The molecule has 4 aromatic rings. The predicted molar refractivity (Wildman–Crippen MR) is 189 cm³/mol. The SMILES string of the molecule is CCCOc1cc(OCCCCN(C)CC(=O)NCC(=O)O)cc(Oc2cc3c(cc2NS(=O)(=O)c2ccc(OC)c(OC)c2)[nH]c(=O)n3C)c1. The number of benzene rings is 3. The number of amides is 1. The Hall–Kier alpha value is -5.42. The number of carbonyl (C=O) groups is 2. The minimum absolute atomic E-state index is 0.0576. The normalized spacial score (nSPS) is 11.3. The van der Waals surface area contributed by atoms with E-state index in [2.05, 4.69) is 15.0 Å². The lowest BCUT2D eigenvalue weighted by atomic mass is 10.2. The minimum Gasteiger partial charge on any atom is -0.493 e. The van der Waals surface area contributed by atoms with Crippen LogP contribution in [0.5, 0.6) is 34.5 Å². The van der Waals surface area contributed by atoms with Gasteiger partial charge in [-0.05, 0) is 51.1 Å². The van der Waals surface area contributed by atoms with Crippen molar-refractivity contribution in [3.8, 4) is 34.5 Å². The Labute approximate surface area is 295 Å². The van der Waals surface area contributed by atoms with Crippen LogP contribution in [0.1, 0.15) is 26.2 Å². The van der Waals surface area contributed by atoms with E-state index in [1.165, 1.54) is 43.1 Å². The van der Waals surface area contributed by atoms with Crippen molar-refractivity contribution in [1.82, 2.24) is 19.8 Å². The largest absolute Gasteiger partial charge is 0.493 e. The summed E-state index contributed by atoms with van der Waals surface area (Å²) < 4.78 is 59.9. The minimum atomic E-state index is -4.19. The topological polar surface area (TPSA) is 200 Å². The van der Waals surface area contributed by atoms with Gasteiger partial charge in [0.25, 0.3) is 10.0 Å². The number of carboxylic acids is 1. The number of likely N-dealkylation sites (N-methyl/N-ethyl adjacent to an activating group) is 1. The summed E-state index contributed by atoms with van der Waals surface area (Å²) >= 11 is 0. The van der Waals surface area contributed by atoms with Crippen LogP contribution in [0.2, 0.25) is 0 Å². The van der Waals surface area contributed by atoms with Crippen molar-refractivity contribution in [3.63, 3.8) is 0 Å². The first-order valence-electron chi connectivity index (χ1n) is 16.1. The summed E-state index contributed by atoms with van der Waals surface area (Å²) in [6, 6.07) is 12.2. The molecule has 0 radical (unpaired) electrons. The summed E-state index contributed by atoms with van der Waals surface area (Å²) in [5, 5.41) is 11.0. The van der Waals surface area contributed by atoms with Gasteiger partial charge in [0.05, 0.1) is 55.6 Å². The first kappa shape index (κ1) is 38.4. The Morgan fingerprint density at radius 1 is 0.922 bits per heavy atom. The second-order valence-electron chi connectivity index (χ2n) is 11.5. The number of hydrogen-bond donors (Lipinski definition) is 4. The highest BCUT2D eigenvalue weighted by atomic mass is 32.2. The van der Waals surface area contributed by atoms with Gasteiger partial charge in [0, 0.05) is 37.4 Å². The van der Waals surface area contributed by atoms with Gasteiger partial charge in [-0.3, -0.25) is 23.8 Å². The number of H-pyrrole nitrogens is 1. The zero-order chi connectivity index (χ0) is 37.1. The number of carbonyl (C=O) groups excluding carboxylic acids is 1. The fourth-order valence-electron chi connectivity index (χ4n) is 4.95. The van der Waals surface area contributed by atoms with Crippen LogP contribution in [-0.4, -0.2) is 94.0 Å². The summed E-state index contributed by atoms with van der Waals surface area (Å²) in [7, 11) is 2.01. The van der Waals surface area contributed by atoms with Crippen molar-refractivity contribution in [2.24, 2.45) is 7.05 Å². The van der Waals surface area contributed by atoms with Crippen LogP contribution in [0.15, 0.2) is 58.2 Å². The van der Waals surface area contributed by atoms with Crippen LogP contribution in [0, 0.1) is 0 Å². The zero-order valence-electron chi connectivity index (χ0n) is 29.1. The molecule has 0 atom stereocenters. The van der Waals surface area contributed by atoms with E-state index in [1.807, 2.05) is 6.92 Å². The molecule has 4 rings (SSSR count). The molecule has 0 unspecified atom stereocenters. The Balaban J connectivity index is 1.55. The molecule has 1 aromatic heterocycles. The fourth-order valence-corrected chi connectivity index (χ4v) is 6.03. The van der Waals surface area contributed by atoms with Crippen molar-refractivity contribution in [2.75, 3.05) is 58.8 Å². The van der Waals surface area contributed by atoms with Crippen molar-refractivity contribution >= 4 is 38.6 Å². The van der Waals surface area contributed by atoms with Crippen molar-refractivity contribution in [2.45, 2.75) is 31.1 Å². The molecule has 276 valence electrons. The van der Waals surface area contributed by atoms with Gasteiger partial charge in [-0.2, -0.15) is 0 Å². The second-order valence-corrected chi connectivity index (χ2v) is 13.2. The molecule has 0 saturated heterocycles. The van der Waals surface area contributed by atoms with Gasteiger partial charge in [-0.25, -0.2) is 13.2 Å². The molecular weight excluding hydrogens is 686 g/mol. The van der Waals surface area contributed by atoms with Gasteiger partial charge in [-0.1, -0.05) is 6.92 Å². The number of fused-ring (bicyclic) bond motifs is 1. The summed E-state index contributed by atoms with van der Waals surface area (Å²) in [5.41, 5.74) is 0.523. The third kappa shape index (κ3) is 10.5. The van der Waals surface area contributed by atoms with Crippen LogP contribution in [0.3, 0.4) is 0 Å². The van der Waals surface area contributed by atoms with Crippen molar-refractivity contribution < 1.29 is 46.8 Å². The van der Waals surface area contributed by atoms with Crippen molar-refractivity contribution in [3.05, 3.63) is 59.0 Å². The third-order valence-corrected chi connectivity index (χ3v) is 8.89. The summed E-state index contributed by atoms with van der Waals surface area (Å²) in [5.74, 6) is 0.420. The molecule has 0 aliphatic heterocycles. The number of nitrogens with one attached hydrogen (secondary N) is 3. The maximum absolute atomic E-state index is 13.6. The number of anilines is 1. The van der Waals surface area contributed by atoms with E-state index in [0.717, 1.165) is 6.42 Å². The number of rotatable bonds is 20. The molecule has 16 nitrogen and oxygen atoms in total. The van der Waals surface area contributed by atoms with E-state index in [0.29, 0.717) is 60.9 Å². The highest BCUT2D eigenvalue weighted by Gasteiger charge is 2.22. The predicted octanol–water partition coefficient (Wildman–Crippen LogP) is 3.56. The number of hydrogen-bond acceptors (Lipinski definition) is 11. The molecule has 0 aliphatic carbocycles. The zero-order valence-corrected chi connectivity index (χ0v) is 29.9. The Bertz CT molecular complexity index is 2010. The van der Waals surface area contributed by atoms with E-state index in [9.17, 15) is 22.8 Å². The molecule has 51 heavy (non-hydrogen) atoms. The number of aromatic nitrogens is 2. The number of carboxylic acid groups (broad SMARTS) is 1. The summed E-state index contributed by atoms with van der Waals surface area (Å²) in [4.78, 5) is 39.4. The number of aryl methyl sites for hydroxylation is 1.